The van der Waals surface area contributed by atoms with Gasteiger partial charge in [0, 0.05) is 18.7 Å². The van der Waals surface area contributed by atoms with Crippen LogP contribution in [-0.4, -0.2) is 30.0 Å². The number of hydrogen-bond donors (Lipinski definition) is 0. The molecule has 1 amide bonds. The number of rotatable bonds is 4. The van der Waals surface area contributed by atoms with E-state index in [0.29, 0.717) is 13.2 Å². The van der Waals surface area contributed by atoms with Crippen molar-refractivity contribution in [3.8, 4) is 0 Å². The number of carbonyl (C=O) groups excluding carboxylic acids is 1. The Balaban J connectivity index is 1.58. The van der Waals surface area contributed by atoms with Gasteiger partial charge in [-0.15, -0.1) is 0 Å². The third-order valence-electron chi connectivity index (χ3n) is 4.26. The molecule has 0 aromatic heterocycles. The van der Waals surface area contributed by atoms with Crippen LogP contribution in [0.1, 0.15) is 34.3 Å². The largest absolute Gasteiger partial charge is 0.372 e. The Morgan fingerprint density at radius 3 is 2.78 bits per heavy atom. The summed E-state index contributed by atoms with van der Waals surface area (Å²) in [6.07, 6.45) is 2.14. The Labute approximate surface area is 137 Å². The van der Waals surface area contributed by atoms with Crippen LogP contribution in [0.25, 0.3) is 0 Å². The minimum absolute atomic E-state index is 0.113. The van der Waals surface area contributed by atoms with Crippen molar-refractivity contribution in [2.45, 2.75) is 32.5 Å². The van der Waals surface area contributed by atoms with Gasteiger partial charge in [-0.1, -0.05) is 48.0 Å². The van der Waals surface area contributed by atoms with Crippen molar-refractivity contribution in [2.24, 2.45) is 0 Å². The van der Waals surface area contributed by atoms with Gasteiger partial charge in [0.25, 0.3) is 5.91 Å². The zero-order valence-corrected chi connectivity index (χ0v) is 13.6. The van der Waals surface area contributed by atoms with Gasteiger partial charge >= 0.3 is 0 Å². The molecule has 1 fully saturated rings. The van der Waals surface area contributed by atoms with Crippen molar-refractivity contribution in [1.82, 2.24) is 4.90 Å². The summed E-state index contributed by atoms with van der Waals surface area (Å²) in [6, 6.07) is 18.0. The van der Waals surface area contributed by atoms with E-state index in [-0.39, 0.29) is 12.0 Å². The summed E-state index contributed by atoms with van der Waals surface area (Å²) in [5, 5.41) is 0. The van der Waals surface area contributed by atoms with Gasteiger partial charge in [-0.3, -0.25) is 4.79 Å². The first-order chi connectivity index (χ1) is 11.2. The highest BCUT2D eigenvalue weighted by atomic mass is 16.5. The Hall–Kier alpha value is -2.13. The molecular weight excluding hydrogens is 286 g/mol. The number of nitrogens with zero attached hydrogens (tertiary/aromatic N) is 1. The fraction of sp³-hybridized carbons (Fsp3) is 0.350. The molecule has 0 radical (unpaired) electrons. The Morgan fingerprint density at radius 1 is 1.17 bits per heavy atom. The minimum Gasteiger partial charge on any atom is -0.372 e. The summed E-state index contributed by atoms with van der Waals surface area (Å²) in [5.41, 5.74) is 3.06. The van der Waals surface area contributed by atoms with Crippen LogP contribution in [0.4, 0.5) is 0 Å². The predicted octanol–water partition coefficient (Wildman–Crippen LogP) is 3.82. The molecule has 0 bridgehead atoms. The smallest absolute Gasteiger partial charge is 0.253 e. The van der Waals surface area contributed by atoms with E-state index in [1.807, 2.05) is 54.3 Å². The molecule has 0 spiro atoms. The lowest BCUT2D eigenvalue weighted by atomic mass is 10.1. The topological polar surface area (TPSA) is 29.5 Å². The second-order valence-corrected chi connectivity index (χ2v) is 6.18. The molecule has 0 unspecified atom stereocenters. The van der Waals surface area contributed by atoms with E-state index in [9.17, 15) is 4.79 Å². The standard InChI is InChI=1S/C20H23NO2/c1-16-7-5-10-18(13-16)20(22)21-12-6-11-19(14-21)23-15-17-8-3-2-4-9-17/h2-5,7-10,13,19H,6,11-12,14-15H2,1H3/t19-/m0/s1. The molecule has 1 saturated heterocycles. The van der Waals surface area contributed by atoms with Crippen molar-refractivity contribution in [2.75, 3.05) is 13.1 Å². The highest BCUT2D eigenvalue weighted by molar-refractivity contribution is 5.94. The maximum atomic E-state index is 12.6. The Morgan fingerprint density at radius 2 is 2.00 bits per heavy atom. The second-order valence-electron chi connectivity index (χ2n) is 6.18. The average molecular weight is 309 g/mol. The van der Waals surface area contributed by atoms with Crippen molar-refractivity contribution >= 4 is 5.91 Å². The lowest BCUT2D eigenvalue weighted by Gasteiger charge is -2.32. The van der Waals surface area contributed by atoms with E-state index in [1.54, 1.807) is 0 Å². The van der Waals surface area contributed by atoms with Crippen molar-refractivity contribution in [3.05, 3.63) is 71.3 Å². The van der Waals surface area contributed by atoms with Crippen LogP contribution in [-0.2, 0) is 11.3 Å². The summed E-state index contributed by atoms with van der Waals surface area (Å²) in [7, 11) is 0. The molecule has 3 nitrogen and oxygen atoms in total. The SMILES string of the molecule is Cc1cccc(C(=O)N2CCC[C@H](OCc3ccccc3)C2)c1. The Bertz CT molecular complexity index is 654. The molecule has 1 atom stereocenters. The molecule has 2 aromatic carbocycles. The van der Waals surface area contributed by atoms with Gasteiger partial charge in [0.1, 0.15) is 0 Å². The lowest BCUT2D eigenvalue weighted by Crippen LogP contribution is -2.43. The molecule has 3 heteroatoms. The molecule has 2 aromatic rings. The van der Waals surface area contributed by atoms with Crippen molar-refractivity contribution < 1.29 is 9.53 Å². The van der Waals surface area contributed by atoms with Crippen LogP contribution in [0.3, 0.4) is 0 Å². The molecule has 1 aliphatic rings. The highest BCUT2D eigenvalue weighted by Crippen LogP contribution is 2.18. The fourth-order valence-electron chi connectivity index (χ4n) is 3.01. The summed E-state index contributed by atoms with van der Waals surface area (Å²) in [6.45, 7) is 4.12. The van der Waals surface area contributed by atoms with Gasteiger partial charge in [-0.25, -0.2) is 0 Å². The van der Waals surface area contributed by atoms with Crippen LogP contribution in [0.2, 0.25) is 0 Å². The van der Waals surface area contributed by atoms with Crippen LogP contribution in [0.5, 0.6) is 0 Å². The van der Waals surface area contributed by atoms with Crippen molar-refractivity contribution in [1.29, 1.82) is 0 Å². The number of ether oxygens (including phenoxy) is 1. The molecule has 0 saturated carbocycles. The second kappa shape index (κ2) is 7.42. The van der Waals surface area contributed by atoms with Gasteiger partial charge in [0.05, 0.1) is 12.7 Å². The molecular formula is C20H23NO2. The summed E-state index contributed by atoms with van der Waals surface area (Å²) < 4.78 is 6.02. The zero-order chi connectivity index (χ0) is 16.1. The number of benzene rings is 2. The molecule has 1 aliphatic heterocycles. The minimum atomic E-state index is 0.113. The average Bonchev–Trinajstić information content (AvgIpc) is 2.60. The molecule has 23 heavy (non-hydrogen) atoms. The third-order valence-corrected chi connectivity index (χ3v) is 4.26. The normalized spacial score (nSPS) is 18.0. The molecule has 120 valence electrons. The lowest BCUT2D eigenvalue weighted by molar-refractivity contribution is -0.00672. The quantitative estimate of drug-likeness (QED) is 0.859. The Kier molecular flexibility index (Phi) is 5.09. The fourth-order valence-corrected chi connectivity index (χ4v) is 3.01. The van der Waals surface area contributed by atoms with Gasteiger partial charge in [-0.2, -0.15) is 0 Å². The first kappa shape index (κ1) is 15.8. The first-order valence-corrected chi connectivity index (χ1v) is 8.24. The van der Waals surface area contributed by atoms with Gasteiger partial charge in [-0.05, 0) is 37.5 Å². The van der Waals surface area contributed by atoms with E-state index in [2.05, 4.69) is 12.1 Å². The van der Waals surface area contributed by atoms with Crippen molar-refractivity contribution in [3.63, 3.8) is 0 Å². The number of piperidine rings is 1. The van der Waals surface area contributed by atoms with E-state index in [1.165, 1.54) is 5.56 Å². The van der Waals surface area contributed by atoms with Crippen LogP contribution in [0.15, 0.2) is 54.6 Å². The van der Waals surface area contributed by atoms with E-state index < -0.39 is 0 Å². The van der Waals surface area contributed by atoms with E-state index >= 15 is 0 Å². The number of hydrogen-bond acceptors (Lipinski definition) is 2. The number of carbonyl (C=O) groups is 1. The summed E-state index contributed by atoms with van der Waals surface area (Å²) >= 11 is 0. The first-order valence-electron chi connectivity index (χ1n) is 8.24. The maximum Gasteiger partial charge on any atom is 0.253 e. The zero-order valence-electron chi connectivity index (χ0n) is 13.6. The third kappa shape index (κ3) is 4.20. The molecule has 3 rings (SSSR count). The summed E-state index contributed by atoms with van der Waals surface area (Å²) in [4.78, 5) is 14.6. The molecule has 0 aliphatic carbocycles. The maximum absolute atomic E-state index is 12.6. The van der Waals surface area contributed by atoms with Gasteiger partial charge < -0.3 is 9.64 Å². The monoisotopic (exact) mass is 309 g/mol. The van der Waals surface area contributed by atoms with Crippen LogP contribution < -0.4 is 0 Å². The number of aryl methyl sites for hydroxylation is 1. The molecule has 1 heterocycles. The summed E-state index contributed by atoms with van der Waals surface area (Å²) in [5.74, 6) is 0.113. The van der Waals surface area contributed by atoms with Gasteiger partial charge in [0.2, 0.25) is 0 Å². The van der Waals surface area contributed by atoms with E-state index in [4.69, 9.17) is 4.74 Å². The van der Waals surface area contributed by atoms with Crippen LogP contribution in [0, 0.1) is 6.92 Å². The molecule has 0 N–H and O–H groups in total. The van der Waals surface area contributed by atoms with Gasteiger partial charge in [0.15, 0.2) is 0 Å². The highest BCUT2D eigenvalue weighted by Gasteiger charge is 2.25. The predicted molar refractivity (Wildman–Crippen MR) is 91.3 cm³/mol. The van der Waals surface area contributed by atoms with Crippen LogP contribution >= 0.6 is 0 Å². The number of likely N-dealkylation sites (tertiary alicyclic amines) is 1. The number of amides is 1. The van der Waals surface area contributed by atoms with E-state index in [0.717, 1.165) is 30.5 Å².